The van der Waals surface area contributed by atoms with Gasteiger partial charge in [0.1, 0.15) is 11.4 Å². The third-order valence-electron chi connectivity index (χ3n) is 2.68. The summed E-state index contributed by atoms with van der Waals surface area (Å²) in [5.74, 6) is -0.708. The Morgan fingerprint density at radius 2 is 1.91 bits per heavy atom. The van der Waals surface area contributed by atoms with Crippen molar-refractivity contribution in [3.8, 4) is 0 Å². The number of carbonyl (C=O) groups is 2. The Morgan fingerprint density at radius 1 is 1.27 bits per heavy atom. The van der Waals surface area contributed by atoms with E-state index in [9.17, 15) is 14.0 Å². The first-order valence-electron chi connectivity index (χ1n) is 7.17. The Hall–Kier alpha value is -2.11. The highest BCUT2D eigenvalue weighted by Gasteiger charge is 2.18. The molecule has 0 spiro atoms. The molecule has 0 unspecified atom stereocenters. The minimum Gasteiger partial charge on any atom is -0.444 e. The highest BCUT2D eigenvalue weighted by atomic mass is 19.1. The van der Waals surface area contributed by atoms with Crippen LogP contribution < -0.4 is 10.6 Å². The van der Waals surface area contributed by atoms with Crippen molar-refractivity contribution in [2.75, 3.05) is 6.54 Å². The number of ether oxygens (including phenoxy) is 1. The molecular weight excluding hydrogens is 287 g/mol. The van der Waals surface area contributed by atoms with E-state index < -0.39 is 17.5 Å². The number of halogens is 1. The zero-order valence-corrected chi connectivity index (χ0v) is 13.4. The van der Waals surface area contributed by atoms with Gasteiger partial charge in [-0.25, -0.2) is 9.18 Å². The summed E-state index contributed by atoms with van der Waals surface area (Å²) in [5, 5.41) is 5.27. The molecule has 0 saturated heterocycles. The van der Waals surface area contributed by atoms with Gasteiger partial charge in [0.2, 0.25) is 5.91 Å². The molecule has 5 nitrogen and oxygen atoms in total. The number of rotatable bonds is 5. The molecule has 1 aromatic rings. The molecule has 0 aliphatic carbocycles. The first-order valence-corrected chi connectivity index (χ1v) is 7.17. The Bertz CT molecular complexity index is 526. The first-order chi connectivity index (χ1) is 10.2. The highest BCUT2D eigenvalue weighted by molar-refractivity contribution is 5.78. The summed E-state index contributed by atoms with van der Waals surface area (Å²) in [7, 11) is 0. The van der Waals surface area contributed by atoms with Gasteiger partial charge in [0, 0.05) is 12.6 Å². The van der Waals surface area contributed by atoms with Crippen molar-refractivity contribution in [3.63, 3.8) is 0 Å². The van der Waals surface area contributed by atoms with Crippen molar-refractivity contribution in [2.45, 2.75) is 45.8 Å². The van der Waals surface area contributed by atoms with E-state index in [1.165, 1.54) is 6.07 Å². The van der Waals surface area contributed by atoms with Crippen LogP contribution in [-0.4, -0.2) is 30.2 Å². The van der Waals surface area contributed by atoms with Gasteiger partial charge in [0.25, 0.3) is 0 Å². The lowest BCUT2D eigenvalue weighted by Crippen LogP contribution is -2.44. The molecule has 2 amide bonds. The van der Waals surface area contributed by atoms with Crippen LogP contribution >= 0.6 is 0 Å². The number of hydrogen-bond donors (Lipinski definition) is 2. The SMILES string of the molecule is C[C@H](CNC(=O)Cc1ccccc1F)NC(=O)OC(C)(C)C. The zero-order chi connectivity index (χ0) is 16.8. The van der Waals surface area contributed by atoms with Gasteiger partial charge < -0.3 is 15.4 Å². The maximum Gasteiger partial charge on any atom is 0.407 e. The van der Waals surface area contributed by atoms with Crippen LogP contribution in [0.15, 0.2) is 24.3 Å². The summed E-state index contributed by atoms with van der Waals surface area (Å²) in [4.78, 5) is 23.3. The van der Waals surface area contributed by atoms with Crippen LogP contribution in [0.4, 0.5) is 9.18 Å². The molecule has 6 heteroatoms. The van der Waals surface area contributed by atoms with Crippen molar-refractivity contribution in [3.05, 3.63) is 35.6 Å². The molecule has 0 bridgehead atoms. The molecule has 2 N–H and O–H groups in total. The van der Waals surface area contributed by atoms with Gasteiger partial charge in [-0.1, -0.05) is 18.2 Å². The highest BCUT2D eigenvalue weighted by Crippen LogP contribution is 2.07. The summed E-state index contributed by atoms with van der Waals surface area (Å²) < 4.78 is 18.5. The first kappa shape index (κ1) is 17.9. The van der Waals surface area contributed by atoms with E-state index in [2.05, 4.69) is 10.6 Å². The van der Waals surface area contributed by atoms with Crippen LogP contribution in [-0.2, 0) is 16.0 Å². The lowest BCUT2D eigenvalue weighted by molar-refractivity contribution is -0.120. The smallest absolute Gasteiger partial charge is 0.407 e. The molecular formula is C16H23FN2O3. The lowest BCUT2D eigenvalue weighted by Gasteiger charge is -2.22. The summed E-state index contributed by atoms with van der Waals surface area (Å²) in [6, 6.07) is 5.84. The quantitative estimate of drug-likeness (QED) is 0.877. The van der Waals surface area contributed by atoms with Crippen molar-refractivity contribution in [1.82, 2.24) is 10.6 Å². The number of hydrogen-bond acceptors (Lipinski definition) is 3. The largest absolute Gasteiger partial charge is 0.444 e. The van der Waals surface area contributed by atoms with Gasteiger partial charge in [-0.3, -0.25) is 4.79 Å². The van der Waals surface area contributed by atoms with Crippen LogP contribution in [0.1, 0.15) is 33.3 Å². The maximum atomic E-state index is 13.4. The van der Waals surface area contributed by atoms with Crippen LogP contribution in [0, 0.1) is 5.82 Å². The van der Waals surface area contributed by atoms with Crippen molar-refractivity contribution < 1.29 is 18.7 Å². The molecule has 22 heavy (non-hydrogen) atoms. The summed E-state index contributed by atoms with van der Waals surface area (Å²) in [5.41, 5.74) is -0.231. The average molecular weight is 310 g/mol. The molecule has 1 aromatic carbocycles. The van der Waals surface area contributed by atoms with Crippen LogP contribution in [0.2, 0.25) is 0 Å². The van der Waals surface area contributed by atoms with E-state index in [4.69, 9.17) is 4.74 Å². The van der Waals surface area contributed by atoms with E-state index in [0.717, 1.165) is 0 Å². The van der Waals surface area contributed by atoms with Gasteiger partial charge in [-0.15, -0.1) is 0 Å². The third kappa shape index (κ3) is 7.06. The zero-order valence-electron chi connectivity index (χ0n) is 13.4. The Labute approximate surface area is 130 Å². The monoisotopic (exact) mass is 310 g/mol. The normalized spacial score (nSPS) is 12.4. The van der Waals surface area contributed by atoms with Gasteiger partial charge >= 0.3 is 6.09 Å². The van der Waals surface area contributed by atoms with Crippen molar-refractivity contribution >= 4 is 12.0 Å². The molecule has 1 rings (SSSR count). The number of amides is 2. The minimum absolute atomic E-state index is 0.0359. The molecule has 0 aliphatic rings. The maximum absolute atomic E-state index is 13.4. The van der Waals surface area contributed by atoms with E-state index in [-0.39, 0.29) is 24.9 Å². The van der Waals surface area contributed by atoms with E-state index in [1.54, 1.807) is 45.9 Å². The molecule has 122 valence electrons. The number of carbonyl (C=O) groups excluding carboxylic acids is 2. The van der Waals surface area contributed by atoms with Gasteiger partial charge in [0.15, 0.2) is 0 Å². The molecule has 1 atom stereocenters. The molecule has 0 aliphatic heterocycles. The second kappa shape index (κ2) is 7.77. The molecule has 0 heterocycles. The number of benzene rings is 1. The number of nitrogens with one attached hydrogen (secondary N) is 2. The predicted octanol–water partition coefficient (Wildman–Crippen LogP) is 2.40. The standard InChI is InChI=1S/C16H23FN2O3/c1-11(19-15(21)22-16(2,3)4)10-18-14(20)9-12-7-5-6-8-13(12)17/h5-8,11H,9-10H2,1-4H3,(H,18,20)(H,19,21)/t11-/m1/s1. The summed E-state index contributed by atoms with van der Waals surface area (Å²) in [6.07, 6.45) is -0.574. The molecule has 0 fully saturated rings. The molecule has 0 aromatic heterocycles. The lowest BCUT2D eigenvalue weighted by atomic mass is 10.1. The number of alkyl carbamates (subject to hydrolysis) is 1. The van der Waals surface area contributed by atoms with Crippen molar-refractivity contribution in [1.29, 1.82) is 0 Å². The fourth-order valence-electron chi connectivity index (χ4n) is 1.70. The van der Waals surface area contributed by atoms with Crippen LogP contribution in [0.3, 0.4) is 0 Å². The minimum atomic E-state index is -0.572. The molecule has 0 radical (unpaired) electrons. The Balaban J connectivity index is 2.35. The predicted molar refractivity (Wildman–Crippen MR) is 81.9 cm³/mol. The van der Waals surface area contributed by atoms with E-state index >= 15 is 0 Å². The topological polar surface area (TPSA) is 67.4 Å². The fourth-order valence-corrected chi connectivity index (χ4v) is 1.70. The van der Waals surface area contributed by atoms with Crippen molar-refractivity contribution in [2.24, 2.45) is 0 Å². The van der Waals surface area contributed by atoms with Gasteiger partial charge in [-0.05, 0) is 39.3 Å². The second-order valence-electron chi connectivity index (χ2n) is 6.12. The van der Waals surface area contributed by atoms with E-state index in [1.807, 2.05) is 0 Å². The summed E-state index contributed by atoms with van der Waals surface area (Å²) in [6.45, 7) is 7.30. The average Bonchev–Trinajstić information content (AvgIpc) is 2.37. The fraction of sp³-hybridized carbons (Fsp3) is 0.500. The van der Waals surface area contributed by atoms with Crippen LogP contribution in [0.25, 0.3) is 0 Å². The van der Waals surface area contributed by atoms with Crippen LogP contribution in [0.5, 0.6) is 0 Å². The second-order valence-corrected chi connectivity index (χ2v) is 6.12. The van der Waals surface area contributed by atoms with E-state index in [0.29, 0.717) is 5.56 Å². The van der Waals surface area contributed by atoms with Gasteiger partial charge in [-0.2, -0.15) is 0 Å². The Kier molecular flexibility index (Phi) is 6.34. The molecule has 0 saturated carbocycles. The third-order valence-corrected chi connectivity index (χ3v) is 2.68. The Morgan fingerprint density at radius 3 is 2.50 bits per heavy atom. The van der Waals surface area contributed by atoms with Gasteiger partial charge in [0.05, 0.1) is 6.42 Å². The summed E-state index contributed by atoms with van der Waals surface area (Å²) >= 11 is 0.